The molecule has 0 heterocycles. The molecule has 0 radical (unpaired) electrons. The quantitative estimate of drug-likeness (QED) is 0.761. The first kappa shape index (κ1) is 18.3. The van der Waals surface area contributed by atoms with Crippen molar-refractivity contribution in [3.05, 3.63) is 63.6 Å². The lowest BCUT2D eigenvalue weighted by Gasteiger charge is -2.09. The van der Waals surface area contributed by atoms with Crippen LogP contribution in [0.4, 0.5) is 5.69 Å². The highest BCUT2D eigenvalue weighted by atomic mass is 35.5. The minimum Gasteiger partial charge on any atom is -0.355 e. The van der Waals surface area contributed by atoms with Crippen LogP contribution >= 0.6 is 23.2 Å². The highest BCUT2D eigenvalue weighted by Crippen LogP contribution is 2.20. The van der Waals surface area contributed by atoms with Crippen LogP contribution in [0.3, 0.4) is 0 Å². The summed E-state index contributed by atoms with van der Waals surface area (Å²) in [5.74, 6) is -0.699. The van der Waals surface area contributed by atoms with Crippen molar-refractivity contribution in [3.63, 3.8) is 0 Å². The SMILES string of the molecule is Cc1ccc(Cl)cc1NC(=O)CC(=O)NCCc1cccc(Cl)c1. The van der Waals surface area contributed by atoms with Crippen molar-refractivity contribution >= 4 is 40.7 Å². The van der Waals surface area contributed by atoms with Crippen LogP contribution in [0.5, 0.6) is 0 Å². The van der Waals surface area contributed by atoms with E-state index in [0.717, 1.165) is 11.1 Å². The van der Waals surface area contributed by atoms with Gasteiger partial charge in [0.25, 0.3) is 0 Å². The number of carbonyl (C=O) groups is 2. The van der Waals surface area contributed by atoms with Gasteiger partial charge in [-0.05, 0) is 48.7 Å². The van der Waals surface area contributed by atoms with Crippen LogP contribution in [0.2, 0.25) is 10.0 Å². The van der Waals surface area contributed by atoms with E-state index in [-0.39, 0.29) is 18.2 Å². The zero-order valence-electron chi connectivity index (χ0n) is 13.2. The van der Waals surface area contributed by atoms with Crippen molar-refractivity contribution in [3.8, 4) is 0 Å². The number of hydrogen-bond donors (Lipinski definition) is 2. The zero-order chi connectivity index (χ0) is 17.5. The minimum absolute atomic E-state index is 0.235. The van der Waals surface area contributed by atoms with Gasteiger partial charge in [-0.25, -0.2) is 0 Å². The molecule has 24 heavy (non-hydrogen) atoms. The molecule has 6 heteroatoms. The Morgan fingerprint density at radius 3 is 2.50 bits per heavy atom. The number of rotatable bonds is 6. The number of aryl methyl sites for hydroxylation is 1. The molecule has 0 atom stereocenters. The van der Waals surface area contributed by atoms with E-state index in [0.29, 0.717) is 28.7 Å². The average molecular weight is 365 g/mol. The van der Waals surface area contributed by atoms with Crippen LogP contribution in [0, 0.1) is 6.92 Å². The van der Waals surface area contributed by atoms with Gasteiger partial charge in [0.2, 0.25) is 11.8 Å². The second kappa shape index (κ2) is 8.71. The van der Waals surface area contributed by atoms with E-state index in [1.54, 1.807) is 18.2 Å². The van der Waals surface area contributed by atoms with Crippen molar-refractivity contribution in [2.45, 2.75) is 19.8 Å². The van der Waals surface area contributed by atoms with E-state index in [2.05, 4.69) is 10.6 Å². The molecule has 0 fully saturated rings. The molecule has 0 aliphatic heterocycles. The van der Waals surface area contributed by atoms with Crippen LogP contribution in [0.25, 0.3) is 0 Å². The maximum atomic E-state index is 11.9. The summed E-state index contributed by atoms with van der Waals surface area (Å²) in [4.78, 5) is 23.8. The summed E-state index contributed by atoms with van der Waals surface area (Å²) >= 11 is 11.8. The van der Waals surface area contributed by atoms with Gasteiger partial charge in [0.15, 0.2) is 0 Å². The normalized spacial score (nSPS) is 10.3. The number of benzene rings is 2. The van der Waals surface area contributed by atoms with Crippen LogP contribution < -0.4 is 10.6 Å². The summed E-state index contributed by atoms with van der Waals surface area (Å²) in [5.41, 5.74) is 2.52. The summed E-state index contributed by atoms with van der Waals surface area (Å²) in [6, 6.07) is 12.7. The van der Waals surface area contributed by atoms with Crippen LogP contribution in [0.15, 0.2) is 42.5 Å². The van der Waals surface area contributed by atoms with Crippen LogP contribution in [0.1, 0.15) is 17.5 Å². The zero-order valence-corrected chi connectivity index (χ0v) is 14.7. The summed E-state index contributed by atoms with van der Waals surface area (Å²) in [7, 11) is 0. The predicted molar refractivity (Wildman–Crippen MR) is 97.6 cm³/mol. The van der Waals surface area contributed by atoms with E-state index in [4.69, 9.17) is 23.2 Å². The lowest BCUT2D eigenvalue weighted by Crippen LogP contribution is -2.29. The van der Waals surface area contributed by atoms with Crippen molar-refractivity contribution in [1.82, 2.24) is 5.32 Å². The van der Waals surface area contributed by atoms with Gasteiger partial charge in [-0.1, -0.05) is 41.4 Å². The molecule has 2 amide bonds. The fraction of sp³-hybridized carbons (Fsp3) is 0.222. The molecule has 0 saturated heterocycles. The highest BCUT2D eigenvalue weighted by molar-refractivity contribution is 6.31. The fourth-order valence-corrected chi connectivity index (χ4v) is 2.56. The lowest BCUT2D eigenvalue weighted by molar-refractivity contribution is -0.126. The Morgan fingerprint density at radius 2 is 1.75 bits per heavy atom. The van der Waals surface area contributed by atoms with E-state index in [1.807, 2.05) is 31.2 Å². The molecule has 0 aromatic heterocycles. The molecule has 2 N–H and O–H groups in total. The molecule has 0 aliphatic carbocycles. The second-order valence-corrected chi connectivity index (χ2v) is 6.29. The molecule has 126 valence electrons. The monoisotopic (exact) mass is 364 g/mol. The van der Waals surface area contributed by atoms with E-state index in [9.17, 15) is 9.59 Å². The van der Waals surface area contributed by atoms with Gasteiger partial charge < -0.3 is 10.6 Å². The van der Waals surface area contributed by atoms with Crippen LogP contribution in [-0.4, -0.2) is 18.4 Å². The average Bonchev–Trinajstić information content (AvgIpc) is 2.51. The van der Waals surface area contributed by atoms with Crippen molar-refractivity contribution in [2.75, 3.05) is 11.9 Å². The molecular formula is C18H18Cl2N2O2. The van der Waals surface area contributed by atoms with E-state index < -0.39 is 0 Å². The molecular weight excluding hydrogens is 347 g/mol. The van der Waals surface area contributed by atoms with Gasteiger partial charge in [-0.3, -0.25) is 9.59 Å². The van der Waals surface area contributed by atoms with Gasteiger partial charge in [-0.2, -0.15) is 0 Å². The van der Waals surface area contributed by atoms with E-state index >= 15 is 0 Å². The minimum atomic E-state index is -0.374. The lowest BCUT2D eigenvalue weighted by atomic mass is 10.1. The second-order valence-electron chi connectivity index (χ2n) is 5.41. The van der Waals surface area contributed by atoms with Gasteiger partial charge >= 0.3 is 0 Å². The van der Waals surface area contributed by atoms with Gasteiger partial charge in [0, 0.05) is 22.3 Å². The fourth-order valence-electron chi connectivity index (χ4n) is 2.17. The number of carbonyl (C=O) groups excluding carboxylic acids is 2. The smallest absolute Gasteiger partial charge is 0.233 e. The first-order valence-corrected chi connectivity index (χ1v) is 8.27. The third kappa shape index (κ3) is 5.87. The maximum absolute atomic E-state index is 11.9. The largest absolute Gasteiger partial charge is 0.355 e. The number of amides is 2. The van der Waals surface area contributed by atoms with Crippen molar-refractivity contribution in [1.29, 1.82) is 0 Å². The number of hydrogen-bond acceptors (Lipinski definition) is 2. The molecule has 0 saturated carbocycles. The van der Waals surface area contributed by atoms with E-state index in [1.165, 1.54) is 0 Å². The molecule has 4 nitrogen and oxygen atoms in total. The molecule has 0 aliphatic rings. The molecule has 0 bridgehead atoms. The Hall–Kier alpha value is -2.04. The summed E-state index contributed by atoms with van der Waals surface area (Å²) in [6.07, 6.45) is 0.419. The third-order valence-corrected chi connectivity index (χ3v) is 3.89. The molecule has 2 aromatic carbocycles. The first-order valence-electron chi connectivity index (χ1n) is 7.51. The molecule has 0 spiro atoms. The number of nitrogens with one attached hydrogen (secondary N) is 2. The standard InChI is InChI=1S/C18H18Cl2N2O2/c1-12-5-6-15(20)10-16(12)22-18(24)11-17(23)21-8-7-13-3-2-4-14(19)9-13/h2-6,9-10H,7-8,11H2,1H3,(H,21,23)(H,22,24). The highest BCUT2D eigenvalue weighted by Gasteiger charge is 2.10. The molecule has 2 rings (SSSR count). The van der Waals surface area contributed by atoms with Gasteiger partial charge in [-0.15, -0.1) is 0 Å². The first-order chi connectivity index (χ1) is 11.4. The summed E-state index contributed by atoms with van der Waals surface area (Å²) in [6.45, 7) is 2.31. The number of halogens is 2. The Bertz CT molecular complexity index is 748. The summed E-state index contributed by atoms with van der Waals surface area (Å²) < 4.78 is 0. The van der Waals surface area contributed by atoms with Crippen LogP contribution in [-0.2, 0) is 16.0 Å². The molecule has 0 unspecified atom stereocenters. The number of anilines is 1. The van der Waals surface area contributed by atoms with Crippen molar-refractivity contribution < 1.29 is 9.59 Å². The maximum Gasteiger partial charge on any atom is 0.233 e. The third-order valence-electron chi connectivity index (χ3n) is 3.42. The topological polar surface area (TPSA) is 58.2 Å². The van der Waals surface area contributed by atoms with Gasteiger partial charge in [0.1, 0.15) is 6.42 Å². The Kier molecular flexibility index (Phi) is 6.64. The molecule has 2 aromatic rings. The predicted octanol–water partition coefficient (Wildman–Crippen LogP) is 3.99. The summed E-state index contributed by atoms with van der Waals surface area (Å²) in [5, 5.41) is 6.61. The Balaban J connectivity index is 1.77. The van der Waals surface area contributed by atoms with Gasteiger partial charge in [0.05, 0.1) is 0 Å². The van der Waals surface area contributed by atoms with Crippen molar-refractivity contribution in [2.24, 2.45) is 0 Å². The Morgan fingerprint density at radius 1 is 1.00 bits per heavy atom. The Labute approximate surface area is 151 Å².